The summed E-state index contributed by atoms with van der Waals surface area (Å²) in [4.78, 5) is 14.0. The Bertz CT molecular complexity index is 793. The van der Waals surface area contributed by atoms with Crippen LogP contribution in [0.15, 0.2) is 35.9 Å². The minimum atomic E-state index is -0.0638. The fraction of sp³-hybridized carbons (Fsp3) is 0.500. The van der Waals surface area contributed by atoms with Gasteiger partial charge in [-0.25, -0.2) is 4.68 Å². The number of nitrogens with one attached hydrogen (secondary N) is 1. The summed E-state index contributed by atoms with van der Waals surface area (Å²) in [7, 11) is 1.67. The molecule has 3 rings (SSSR count). The van der Waals surface area contributed by atoms with Crippen LogP contribution in [0, 0.1) is 12.8 Å². The van der Waals surface area contributed by atoms with E-state index in [1.165, 1.54) is 10.2 Å². The zero-order chi connectivity index (χ0) is 17.8. The third-order valence-electron chi connectivity index (χ3n) is 4.72. The molecule has 7 heteroatoms. The molecule has 1 aliphatic rings. The molecule has 3 heterocycles. The summed E-state index contributed by atoms with van der Waals surface area (Å²) in [6.45, 7) is 10.2. The van der Waals surface area contributed by atoms with Crippen LogP contribution in [0.5, 0.6) is 0 Å². The molecule has 0 saturated carbocycles. The predicted molar refractivity (Wildman–Crippen MR) is 98.7 cm³/mol. The van der Waals surface area contributed by atoms with Gasteiger partial charge in [0.05, 0.1) is 24.1 Å². The minimum absolute atomic E-state index is 0.0638. The maximum absolute atomic E-state index is 11.7. The summed E-state index contributed by atoms with van der Waals surface area (Å²) in [6.07, 6.45) is 6.82. The van der Waals surface area contributed by atoms with Crippen molar-refractivity contribution in [2.45, 2.75) is 26.4 Å². The predicted octanol–water partition coefficient (Wildman–Crippen LogP) is 1.09. The standard InChI is InChI=1S/C18H26N6O/c1-4-6-24-13-16(14(2)21-24)10-19-9-15-5-7-23(12-15)17-8-18(25)22(3)20-11-17/h4,8,11,13,15,19H,1,5-7,9-10,12H2,2-3H3. The van der Waals surface area contributed by atoms with Crippen LogP contribution in [-0.2, 0) is 20.1 Å². The van der Waals surface area contributed by atoms with Gasteiger partial charge in [-0.15, -0.1) is 6.58 Å². The van der Waals surface area contributed by atoms with Gasteiger partial charge in [-0.2, -0.15) is 10.2 Å². The number of aryl methyl sites for hydroxylation is 2. The van der Waals surface area contributed by atoms with Crippen LogP contribution in [0.1, 0.15) is 17.7 Å². The van der Waals surface area contributed by atoms with Gasteiger partial charge >= 0.3 is 0 Å². The molecular weight excluding hydrogens is 316 g/mol. The van der Waals surface area contributed by atoms with E-state index in [0.717, 1.165) is 50.5 Å². The van der Waals surface area contributed by atoms with Crippen molar-refractivity contribution < 1.29 is 0 Å². The van der Waals surface area contributed by atoms with E-state index >= 15 is 0 Å². The molecule has 0 radical (unpaired) electrons. The van der Waals surface area contributed by atoms with E-state index in [0.29, 0.717) is 5.92 Å². The van der Waals surface area contributed by atoms with Crippen molar-refractivity contribution in [3.63, 3.8) is 0 Å². The molecule has 7 nitrogen and oxygen atoms in total. The second-order valence-corrected chi connectivity index (χ2v) is 6.66. The SMILES string of the molecule is C=CCn1cc(CNCC2CCN(c3cnn(C)c(=O)c3)C2)c(C)n1. The third kappa shape index (κ3) is 4.17. The highest BCUT2D eigenvalue weighted by atomic mass is 16.1. The minimum Gasteiger partial charge on any atom is -0.370 e. The van der Waals surface area contributed by atoms with Gasteiger partial charge in [0, 0.05) is 51.1 Å². The van der Waals surface area contributed by atoms with Gasteiger partial charge in [0.25, 0.3) is 5.56 Å². The first-order chi connectivity index (χ1) is 12.1. The Morgan fingerprint density at radius 2 is 2.32 bits per heavy atom. The average Bonchev–Trinajstić information content (AvgIpc) is 3.18. The third-order valence-corrected chi connectivity index (χ3v) is 4.72. The van der Waals surface area contributed by atoms with Crippen molar-refractivity contribution in [1.82, 2.24) is 24.9 Å². The molecule has 0 aliphatic carbocycles. The monoisotopic (exact) mass is 342 g/mol. The number of hydrogen-bond donors (Lipinski definition) is 1. The van der Waals surface area contributed by atoms with E-state index in [9.17, 15) is 4.79 Å². The molecule has 2 aromatic heterocycles. The Hall–Kier alpha value is -2.41. The number of nitrogens with zero attached hydrogens (tertiary/aromatic N) is 5. The highest BCUT2D eigenvalue weighted by Crippen LogP contribution is 2.21. The Morgan fingerprint density at radius 3 is 3.08 bits per heavy atom. The van der Waals surface area contributed by atoms with Crippen LogP contribution in [0.25, 0.3) is 0 Å². The van der Waals surface area contributed by atoms with Gasteiger partial charge in [0.15, 0.2) is 0 Å². The summed E-state index contributed by atoms with van der Waals surface area (Å²) in [5, 5.41) is 12.1. The average molecular weight is 342 g/mol. The summed E-state index contributed by atoms with van der Waals surface area (Å²) in [5.41, 5.74) is 3.15. The van der Waals surface area contributed by atoms with Crippen molar-refractivity contribution in [3.8, 4) is 0 Å². The largest absolute Gasteiger partial charge is 0.370 e. The van der Waals surface area contributed by atoms with Gasteiger partial charge in [-0.05, 0) is 19.3 Å². The zero-order valence-corrected chi connectivity index (χ0v) is 15.0. The molecule has 1 N–H and O–H groups in total. The van der Waals surface area contributed by atoms with Crippen LogP contribution >= 0.6 is 0 Å². The maximum atomic E-state index is 11.7. The first-order valence-corrected chi connectivity index (χ1v) is 8.69. The molecule has 0 aromatic carbocycles. The van der Waals surface area contributed by atoms with Gasteiger partial charge in [-0.1, -0.05) is 6.08 Å². The van der Waals surface area contributed by atoms with Crippen LogP contribution in [0.3, 0.4) is 0 Å². The number of hydrogen-bond acceptors (Lipinski definition) is 5. The Balaban J connectivity index is 1.49. The van der Waals surface area contributed by atoms with Crippen molar-refractivity contribution in [2.24, 2.45) is 13.0 Å². The van der Waals surface area contributed by atoms with Crippen molar-refractivity contribution >= 4 is 5.69 Å². The van der Waals surface area contributed by atoms with Crippen molar-refractivity contribution in [1.29, 1.82) is 0 Å². The topological polar surface area (TPSA) is 68.0 Å². The molecule has 2 aromatic rings. The summed E-state index contributed by atoms with van der Waals surface area (Å²) < 4.78 is 3.27. The Kier molecular flexibility index (Phi) is 5.33. The highest BCUT2D eigenvalue weighted by Gasteiger charge is 2.23. The van der Waals surface area contributed by atoms with Gasteiger partial charge < -0.3 is 10.2 Å². The number of allylic oxidation sites excluding steroid dienone is 1. The second-order valence-electron chi connectivity index (χ2n) is 6.66. The summed E-state index contributed by atoms with van der Waals surface area (Å²) >= 11 is 0. The zero-order valence-electron chi connectivity index (χ0n) is 15.0. The number of rotatable bonds is 7. The quantitative estimate of drug-likeness (QED) is 0.763. The van der Waals surface area contributed by atoms with E-state index < -0.39 is 0 Å². The molecule has 1 fully saturated rings. The van der Waals surface area contributed by atoms with E-state index in [1.807, 2.05) is 17.7 Å². The second kappa shape index (κ2) is 7.65. The lowest BCUT2D eigenvalue weighted by Crippen LogP contribution is -2.28. The molecular formula is C18H26N6O. The fourth-order valence-electron chi connectivity index (χ4n) is 3.24. The Labute approximate surface area is 148 Å². The molecule has 0 spiro atoms. The first kappa shape index (κ1) is 17.4. The smallest absolute Gasteiger partial charge is 0.268 e. The van der Waals surface area contributed by atoms with E-state index in [2.05, 4.69) is 33.2 Å². The van der Waals surface area contributed by atoms with Gasteiger partial charge in [0.1, 0.15) is 0 Å². The molecule has 1 aliphatic heterocycles. The number of aromatic nitrogens is 4. The highest BCUT2D eigenvalue weighted by molar-refractivity contribution is 5.44. The molecule has 25 heavy (non-hydrogen) atoms. The van der Waals surface area contributed by atoms with E-state index in [1.54, 1.807) is 19.3 Å². The fourth-order valence-corrected chi connectivity index (χ4v) is 3.24. The molecule has 134 valence electrons. The van der Waals surface area contributed by atoms with Gasteiger partial charge in [-0.3, -0.25) is 9.48 Å². The molecule has 1 atom stereocenters. The maximum Gasteiger partial charge on any atom is 0.268 e. The van der Waals surface area contributed by atoms with Crippen LogP contribution in [-0.4, -0.2) is 39.2 Å². The molecule has 1 saturated heterocycles. The summed E-state index contributed by atoms with van der Waals surface area (Å²) in [5.74, 6) is 0.576. The van der Waals surface area contributed by atoms with Crippen LogP contribution in [0.2, 0.25) is 0 Å². The van der Waals surface area contributed by atoms with Gasteiger partial charge in [0.2, 0.25) is 0 Å². The normalized spacial score (nSPS) is 17.2. The lowest BCUT2D eigenvalue weighted by atomic mass is 10.1. The van der Waals surface area contributed by atoms with Crippen LogP contribution < -0.4 is 15.8 Å². The Morgan fingerprint density at radius 1 is 1.48 bits per heavy atom. The number of anilines is 1. The first-order valence-electron chi connectivity index (χ1n) is 8.69. The molecule has 0 amide bonds. The van der Waals surface area contributed by atoms with Crippen molar-refractivity contribution in [2.75, 3.05) is 24.5 Å². The van der Waals surface area contributed by atoms with E-state index in [-0.39, 0.29) is 5.56 Å². The summed E-state index contributed by atoms with van der Waals surface area (Å²) in [6, 6.07) is 1.67. The molecule has 1 unspecified atom stereocenters. The lowest BCUT2D eigenvalue weighted by molar-refractivity contribution is 0.516. The molecule has 0 bridgehead atoms. The van der Waals surface area contributed by atoms with E-state index in [4.69, 9.17) is 0 Å². The van der Waals surface area contributed by atoms with Crippen LogP contribution in [0.4, 0.5) is 5.69 Å². The van der Waals surface area contributed by atoms with Crippen molar-refractivity contribution in [3.05, 3.63) is 52.7 Å². The lowest BCUT2D eigenvalue weighted by Gasteiger charge is -2.18.